The summed E-state index contributed by atoms with van der Waals surface area (Å²) in [7, 11) is 0. The molecular formula is C14H12ClFO. The van der Waals surface area contributed by atoms with Gasteiger partial charge in [-0.3, -0.25) is 0 Å². The molecule has 3 heteroatoms. The number of benzene rings is 2. The average molecular weight is 251 g/mol. The van der Waals surface area contributed by atoms with E-state index in [1.54, 1.807) is 6.07 Å². The molecule has 0 spiro atoms. The van der Waals surface area contributed by atoms with E-state index in [1.807, 2.05) is 30.3 Å². The highest BCUT2D eigenvalue weighted by atomic mass is 35.5. The van der Waals surface area contributed by atoms with Crippen LogP contribution in [0, 0.1) is 5.82 Å². The van der Waals surface area contributed by atoms with Crippen molar-refractivity contribution in [1.82, 2.24) is 0 Å². The van der Waals surface area contributed by atoms with Gasteiger partial charge in [0.15, 0.2) is 0 Å². The third-order valence-electron chi connectivity index (χ3n) is 2.60. The van der Waals surface area contributed by atoms with E-state index in [2.05, 4.69) is 0 Å². The van der Waals surface area contributed by atoms with Crippen LogP contribution in [-0.4, -0.2) is 5.11 Å². The van der Waals surface area contributed by atoms with Gasteiger partial charge in [0.05, 0.1) is 6.10 Å². The van der Waals surface area contributed by atoms with Crippen molar-refractivity contribution in [2.75, 3.05) is 0 Å². The van der Waals surface area contributed by atoms with Crippen molar-refractivity contribution < 1.29 is 9.50 Å². The Bertz CT molecular complexity index is 479. The molecule has 0 heterocycles. The third-order valence-corrected chi connectivity index (χ3v) is 2.93. The Kier molecular flexibility index (Phi) is 3.77. The highest BCUT2D eigenvalue weighted by molar-refractivity contribution is 6.31. The van der Waals surface area contributed by atoms with Crippen molar-refractivity contribution in [1.29, 1.82) is 0 Å². The Hall–Kier alpha value is -1.38. The van der Waals surface area contributed by atoms with Crippen LogP contribution in [0.2, 0.25) is 5.02 Å². The van der Waals surface area contributed by atoms with Crippen molar-refractivity contribution in [3.63, 3.8) is 0 Å². The SMILES string of the molecule is OC(Cc1ccccc1)c1c(F)cccc1Cl. The molecular weight excluding hydrogens is 239 g/mol. The molecule has 2 aromatic rings. The lowest BCUT2D eigenvalue weighted by Crippen LogP contribution is -2.05. The summed E-state index contributed by atoms with van der Waals surface area (Å²) in [5.74, 6) is -0.471. The number of aliphatic hydroxyl groups is 1. The van der Waals surface area contributed by atoms with E-state index < -0.39 is 11.9 Å². The minimum Gasteiger partial charge on any atom is -0.388 e. The van der Waals surface area contributed by atoms with Crippen LogP contribution in [0.3, 0.4) is 0 Å². The predicted octanol–water partition coefficient (Wildman–Crippen LogP) is 3.76. The van der Waals surface area contributed by atoms with Crippen molar-refractivity contribution in [3.05, 3.63) is 70.5 Å². The maximum absolute atomic E-state index is 13.6. The van der Waals surface area contributed by atoms with Crippen LogP contribution in [0.1, 0.15) is 17.2 Å². The Labute approximate surface area is 104 Å². The largest absolute Gasteiger partial charge is 0.388 e. The van der Waals surface area contributed by atoms with E-state index in [1.165, 1.54) is 12.1 Å². The fraction of sp³-hybridized carbons (Fsp3) is 0.143. The first kappa shape index (κ1) is 12.1. The lowest BCUT2D eigenvalue weighted by molar-refractivity contribution is 0.174. The Morgan fingerprint density at radius 1 is 1.06 bits per heavy atom. The van der Waals surface area contributed by atoms with E-state index in [0.29, 0.717) is 6.42 Å². The molecule has 1 atom stereocenters. The van der Waals surface area contributed by atoms with Gasteiger partial charge in [0.2, 0.25) is 0 Å². The van der Waals surface area contributed by atoms with Gasteiger partial charge in [-0.2, -0.15) is 0 Å². The number of aliphatic hydroxyl groups excluding tert-OH is 1. The molecule has 0 saturated carbocycles. The van der Waals surface area contributed by atoms with Crippen LogP contribution in [0.5, 0.6) is 0 Å². The lowest BCUT2D eigenvalue weighted by atomic mass is 10.0. The summed E-state index contributed by atoms with van der Waals surface area (Å²) in [5, 5.41) is 10.3. The van der Waals surface area contributed by atoms with Crippen molar-refractivity contribution in [2.45, 2.75) is 12.5 Å². The van der Waals surface area contributed by atoms with Gasteiger partial charge in [-0.25, -0.2) is 4.39 Å². The summed E-state index contributed by atoms with van der Waals surface area (Å²) in [6.07, 6.45) is -0.576. The van der Waals surface area contributed by atoms with Crippen LogP contribution < -0.4 is 0 Å². The average Bonchev–Trinajstić information content (AvgIpc) is 2.30. The van der Waals surface area contributed by atoms with Crippen LogP contribution in [0.4, 0.5) is 4.39 Å². The second kappa shape index (κ2) is 5.30. The molecule has 1 nitrogen and oxygen atoms in total. The quantitative estimate of drug-likeness (QED) is 0.880. The Morgan fingerprint density at radius 3 is 2.41 bits per heavy atom. The van der Waals surface area contributed by atoms with Crippen LogP contribution in [-0.2, 0) is 6.42 Å². The highest BCUT2D eigenvalue weighted by Crippen LogP contribution is 2.28. The normalized spacial score (nSPS) is 12.4. The Morgan fingerprint density at radius 2 is 1.76 bits per heavy atom. The predicted molar refractivity (Wildman–Crippen MR) is 66.5 cm³/mol. The van der Waals surface area contributed by atoms with Gasteiger partial charge in [0, 0.05) is 17.0 Å². The summed E-state index contributed by atoms with van der Waals surface area (Å²) >= 11 is 5.89. The molecule has 0 aliphatic heterocycles. The standard InChI is InChI=1S/C14H12ClFO/c15-11-7-4-8-12(16)14(11)13(17)9-10-5-2-1-3-6-10/h1-8,13,17H,9H2. The van der Waals surface area contributed by atoms with E-state index in [9.17, 15) is 9.50 Å². The van der Waals surface area contributed by atoms with Gasteiger partial charge >= 0.3 is 0 Å². The summed E-state index contributed by atoms with van der Waals surface area (Å²) in [5.41, 5.74) is 1.11. The molecule has 0 fully saturated rings. The molecule has 0 bridgehead atoms. The molecule has 0 aliphatic rings. The van der Waals surface area contributed by atoms with Gasteiger partial charge in [0.1, 0.15) is 5.82 Å². The second-order valence-corrected chi connectivity index (χ2v) is 4.25. The molecule has 0 aromatic heterocycles. The summed E-state index contributed by atoms with van der Waals surface area (Å²) in [6, 6.07) is 13.8. The van der Waals surface area contributed by atoms with Crippen molar-refractivity contribution >= 4 is 11.6 Å². The number of rotatable bonds is 3. The first-order valence-electron chi connectivity index (χ1n) is 5.34. The highest BCUT2D eigenvalue weighted by Gasteiger charge is 2.16. The topological polar surface area (TPSA) is 20.2 Å². The molecule has 88 valence electrons. The monoisotopic (exact) mass is 250 g/mol. The summed E-state index contributed by atoms with van der Waals surface area (Å²) < 4.78 is 13.6. The minimum atomic E-state index is -0.925. The van der Waals surface area contributed by atoms with Gasteiger partial charge in [-0.05, 0) is 17.7 Å². The van der Waals surface area contributed by atoms with E-state index in [4.69, 9.17) is 11.6 Å². The maximum atomic E-state index is 13.6. The smallest absolute Gasteiger partial charge is 0.130 e. The first-order chi connectivity index (χ1) is 8.18. The molecule has 0 amide bonds. The minimum absolute atomic E-state index is 0.165. The number of halogens is 2. The molecule has 0 radical (unpaired) electrons. The van der Waals surface area contributed by atoms with Crippen molar-refractivity contribution in [3.8, 4) is 0 Å². The van der Waals surface area contributed by atoms with E-state index >= 15 is 0 Å². The van der Waals surface area contributed by atoms with E-state index in [-0.39, 0.29) is 10.6 Å². The molecule has 2 aromatic carbocycles. The summed E-state index contributed by atoms with van der Waals surface area (Å²) in [6.45, 7) is 0. The number of hydrogen-bond acceptors (Lipinski definition) is 1. The van der Waals surface area contributed by atoms with Gasteiger partial charge in [-0.15, -0.1) is 0 Å². The fourth-order valence-electron chi connectivity index (χ4n) is 1.77. The molecule has 17 heavy (non-hydrogen) atoms. The second-order valence-electron chi connectivity index (χ2n) is 3.84. The first-order valence-corrected chi connectivity index (χ1v) is 5.72. The molecule has 0 aliphatic carbocycles. The molecule has 0 saturated heterocycles. The lowest BCUT2D eigenvalue weighted by Gasteiger charge is -2.13. The zero-order chi connectivity index (χ0) is 12.3. The fourth-order valence-corrected chi connectivity index (χ4v) is 2.06. The molecule has 2 rings (SSSR count). The zero-order valence-electron chi connectivity index (χ0n) is 9.11. The zero-order valence-corrected chi connectivity index (χ0v) is 9.86. The van der Waals surface area contributed by atoms with Gasteiger partial charge in [0.25, 0.3) is 0 Å². The van der Waals surface area contributed by atoms with Crippen molar-refractivity contribution in [2.24, 2.45) is 0 Å². The number of hydrogen-bond donors (Lipinski definition) is 1. The Balaban J connectivity index is 2.23. The van der Waals surface area contributed by atoms with Crippen LogP contribution >= 0.6 is 11.6 Å². The van der Waals surface area contributed by atoms with Crippen LogP contribution in [0.15, 0.2) is 48.5 Å². The summed E-state index contributed by atoms with van der Waals surface area (Å²) in [4.78, 5) is 0. The molecule has 1 unspecified atom stereocenters. The molecule has 1 N–H and O–H groups in total. The third kappa shape index (κ3) is 2.84. The van der Waals surface area contributed by atoms with E-state index in [0.717, 1.165) is 5.56 Å². The van der Waals surface area contributed by atoms with Gasteiger partial charge < -0.3 is 5.11 Å². The maximum Gasteiger partial charge on any atom is 0.130 e. The van der Waals surface area contributed by atoms with Gasteiger partial charge in [-0.1, -0.05) is 48.0 Å². The van der Waals surface area contributed by atoms with Crippen LogP contribution in [0.25, 0.3) is 0 Å².